The molecule has 0 spiro atoms. The number of aryl methyl sites for hydroxylation is 2. The van der Waals surface area contributed by atoms with Gasteiger partial charge in [0.25, 0.3) is 5.91 Å². The van der Waals surface area contributed by atoms with Gasteiger partial charge in [-0.3, -0.25) is 4.79 Å². The molecule has 5 nitrogen and oxygen atoms in total. The van der Waals surface area contributed by atoms with Gasteiger partial charge in [-0.2, -0.15) is 5.26 Å². The molecule has 25 heavy (non-hydrogen) atoms. The van der Waals surface area contributed by atoms with Crippen LogP contribution in [-0.2, 0) is 4.79 Å². The fourth-order valence-electron chi connectivity index (χ4n) is 2.76. The number of aliphatic hydroxyl groups excluding tert-OH is 1. The Labute approximate surface area is 148 Å². The predicted molar refractivity (Wildman–Crippen MR) is 98.3 cm³/mol. The van der Waals surface area contributed by atoms with E-state index in [2.05, 4.69) is 9.88 Å². The fourth-order valence-corrected chi connectivity index (χ4v) is 2.76. The predicted octanol–water partition coefficient (Wildman–Crippen LogP) is 2.81. The van der Waals surface area contributed by atoms with E-state index in [1.54, 1.807) is 13.0 Å². The molecule has 0 saturated heterocycles. The summed E-state index contributed by atoms with van der Waals surface area (Å²) in [6, 6.07) is 12.0. The van der Waals surface area contributed by atoms with E-state index >= 15 is 0 Å². The third-order valence-corrected chi connectivity index (χ3v) is 4.05. The zero-order valence-corrected chi connectivity index (χ0v) is 15.0. The molecule has 130 valence electrons. The van der Waals surface area contributed by atoms with E-state index in [9.17, 15) is 15.2 Å². The molecule has 1 amide bonds. The van der Waals surface area contributed by atoms with Crippen LogP contribution < -0.4 is 5.32 Å². The van der Waals surface area contributed by atoms with E-state index in [1.165, 1.54) is 0 Å². The van der Waals surface area contributed by atoms with Gasteiger partial charge >= 0.3 is 0 Å². The molecule has 0 aliphatic carbocycles. The molecule has 1 heterocycles. The first kappa shape index (κ1) is 18.5. The largest absolute Gasteiger partial charge is 0.392 e. The molecule has 0 bridgehead atoms. The third kappa shape index (κ3) is 4.17. The Balaban J connectivity index is 2.41. The minimum Gasteiger partial charge on any atom is -0.392 e. The summed E-state index contributed by atoms with van der Waals surface area (Å²) in [4.78, 5) is 12.1. The molecule has 0 saturated carbocycles. The number of benzene rings is 1. The quantitative estimate of drug-likeness (QED) is 0.650. The molecule has 1 unspecified atom stereocenters. The summed E-state index contributed by atoms with van der Waals surface area (Å²) in [6.45, 7) is 7.70. The number of nitrogens with zero attached hydrogens (tertiary/aromatic N) is 2. The van der Waals surface area contributed by atoms with Gasteiger partial charge in [0.2, 0.25) is 0 Å². The highest BCUT2D eigenvalue weighted by Crippen LogP contribution is 2.24. The minimum atomic E-state index is -0.657. The van der Waals surface area contributed by atoms with E-state index in [0.29, 0.717) is 0 Å². The summed E-state index contributed by atoms with van der Waals surface area (Å²) in [6.07, 6.45) is 0.934. The summed E-state index contributed by atoms with van der Waals surface area (Å²) in [5.74, 6) is -0.482. The Morgan fingerprint density at radius 1 is 1.36 bits per heavy atom. The molecule has 0 aliphatic heterocycles. The van der Waals surface area contributed by atoms with Gasteiger partial charge < -0.3 is 15.0 Å². The van der Waals surface area contributed by atoms with Gasteiger partial charge in [0.1, 0.15) is 11.6 Å². The van der Waals surface area contributed by atoms with E-state index in [4.69, 9.17) is 0 Å². The maximum absolute atomic E-state index is 12.1. The van der Waals surface area contributed by atoms with Crippen molar-refractivity contribution in [3.63, 3.8) is 0 Å². The molecule has 1 aromatic heterocycles. The van der Waals surface area contributed by atoms with E-state index in [1.807, 2.05) is 57.2 Å². The van der Waals surface area contributed by atoms with Crippen LogP contribution >= 0.6 is 0 Å². The average Bonchev–Trinajstić information content (AvgIpc) is 2.84. The zero-order chi connectivity index (χ0) is 18.6. The topological polar surface area (TPSA) is 78.0 Å². The molecule has 1 atom stereocenters. The lowest BCUT2D eigenvalue weighted by molar-refractivity contribution is -0.117. The number of nitrogens with one attached hydrogen (secondary N) is 1. The molecule has 0 fully saturated rings. The van der Waals surface area contributed by atoms with Gasteiger partial charge in [-0.05, 0) is 57.0 Å². The SMILES string of the molecule is Cc1ccccc1-n1c(C)cc(/C=C(\C#N)C(=O)NCC(C)O)c1C. The van der Waals surface area contributed by atoms with Crippen LogP contribution in [0, 0.1) is 32.1 Å². The zero-order valence-electron chi connectivity index (χ0n) is 15.0. The first-order valence-electron chi connectivity index (χ1n) is 8.18. The second-order valence-corrected chi connectivity index (χ2v) is 6.18. The Hall–Kier alpha value is -2.84. The number of hydrogen-bond acceptors (Lipinski definition) is 3. The second kappa shape index (κ2) is 7.82. The standard InChI is InChI=1S/C20H23N3O2/c1-13-7-5-6-8-19(13)23-14(2)9-17(16(23)4)10-18(11-21)20(25)22-12-15(3)24/h5-10,15,24H,12H2,1-4H3,(H,22,25)/b18-10+. The van der Waals surface area contributed by atoms with Crippen molar-refractivity contribution in [2.24, 2.45) is 0 Å². The van der Waals surface area contributed by atoms with Crippen LogP contribution in [0.2, 0.25) is 0 Å². The van der Waals surface area contributed by atoms with Crippen LogP contribution in [0.1, 0.15) is 29.4 Å². The number of nitriles is 1. The molecule has 0 aliphatic rings. The van der Waals surface area contributed by atoms with Crippen molar-refractivity contribution in [2.45, 2.75) is 33.8 Å². The maximum atomic E-state index is 12.1. The van der Waals surface area contributed by atoms with Crippen LogP contribution in [0.15, 0.2) is 35.9 Å². The molecule has 1 aromatic carbocycles. The number of aromatic nitrogens is 1. The van der Waals surface area contributed by atoms with Crippen LogP contribution in [0.25, 0.3) is 11.8 Å². The fraction of sp³-hybridized carbons (Fsp3) is 0.300. The minimum absolute atomic E-state index is 0.0192. The highest BCUT2D eigenvalue weighted by Gasteiger charge is 2.14. The monoisotopic (exact) mass is 337 g/mol. The van der Waals surface area contributed by atoms with Crippen LogP contribution in [0.3, 0.4) is 0 Å². The van der Waals surface area contributed by atoms with Crippen LogP contribution in [-0.4, -0.2) is 28.2 Å². The molecular formula is C20H23N3O2. The lowest BCUT2D eigenvalue weighted by atomic mass is 10.1. The Morgan fingerprint density at radius 3 is 2.64 bits per heavy atom. The number of aliphatic hydroxyl groups is 1. The summed E-state index contributed by atoms with van der Waals surface area (Å²) in [5, 5.41) is 21.1. The second-order valence-electron chi connectivity index (χ2n) is 6.18. The summed E-state index contributed by atoms with van der Waals surface area (Å²) in [7, 11) is 0. The number of para-hydroxylation sites is 1. The molecule has 2 N–H and O–H groups in total. The van der Waals surface area contributed by atoms with Gasteiger partial charge in [-0.1, -0.05) is 18.2 Å². The normalized spacial score (nSPS) is 12.6. The Bertz CT molecular complexity index is 854. The van der Waals surface area contributed by atoms with Gasteiger partial charge in [-0.25, -0.2) is 0 Å². The third-order valence-electron chi connectivity index (χ3n) is 4.05. The van der Waals surface area contributed by atoms with E-state index in [0.717, 1.165) is 28.2 Å². The molecule has 2 rings (SSSR count). The highest BCUT2D eigenvalue weighted by atomic mass is 16.3. The van der Waals surface area contributed by atoms with Crippen molar-refractivity contribution >= 4 is 12.0 Å². The summed E-state index contributed by atoms with van der Waals surface area (Å²) < 4.78 is 2.11. The first-order valence-corrected chi connectivity index (χ1v) is 8.18. The number of hydrogen-bond donors (Lipinski definition) is 2. The van der Waals surface area contributed by atoms with Crippen molar-refractivity contribution in [2.75, 3.05) is 6.54 Å². The van der Waals surface area contributed by atoms with Crippen molar-refractivity contribution in [3.05, 3.63) is 58.4 Å². The van der Waals surface area contributed by atoms with Gasteiger partial charge in [0.15, 0.2) is 0 Å². The van der Waals surface area contributed by atoms with Crippen LogP contribution in [0.5, 0.6) is 0 Å². The lowest BCUT2D eigenvalue weighted by Crippen LogP contribution is -2.31. The highest BCUT2D eigenvalue weighted by molar-refractivity contribution is 6.01. The van der Waals surface area contributed by atoms with Crippen molar-refractivity contribution < 1.29 is 9.90 Å². The molecule has 2 aromatic rings. The number of amides is 1. The Kier molecular flexibility index (Phi) is 5.79. The van der Waals surface area contributed by atoms with Crippen molar-refractivity contribution in [3.8, 4) is 11.8 Å². The van der Waals surface area contributed by atoms with E-state index < -0.39 is 12.0 Å². The van der Waals surface area contributed by atoms with E-state index in [-0.39, 0.29) is 12.1 Å². The van der Waals surface area contributed by atoms with Crippen molar-refractivity contribution in [1.82, 2.24) is 9.88 Å². The summed E-state index contributed by atoms with van der Waals surface area (Å²) >= 11 is 0. The summed E-state index contributed by atoms with van der Waals surface area (Å²) in [5.41, 5.74) is 5.06. The smallest absolute Gasteiger partial charge is 0.262 e. The first-order chi connectivity index (χ1) is 11.8. The Morgan fingerprint density at radius 2 is 2.04 bits per heavy atom. The van der Waals surface area contributed by atoms with Gasteiger partial charge in [-0.15, -0.1) is 0 Å². The number of carbonyl (C=O) groups is 1. The van der Waals surface area contributed by atoms with Gasteiger partial charge in [0, 0.05) is 23.6 Å². The number of rotatable bonds is 5. The molecule has 5 heteroatoms. The van der Waals surface area contributed by atoms with Crippen molar-refractivity contribution in [1.29, 1.82) is 5.26 Å². The number of carbonyl (C=O) groups excluding carboxylic acids is 1. The molecular weight excluding hydrogens is 314 g/mol. The lowest BCUT2D eigenvalue weighted by Gasteiger charge is -2.12. The van der Waals surface area contributed by atoms with Gasteiger partial charge in [0.05, 0.1) is 6.10 Å². The average molecular weight is 337 g/mol. The molecule has 0 radical (unpaired) electrons. The van der Waals surface area contributed by atoms with Crippen LogP contribution in [0.4, 0.5) is 0 Å². The maximum Gasteiger partial charge on any atom is 0.262 e.